The molecule has 4 nitrogen and oxygen atoms in total. The molecule has 0 aromatic carbocycles. The number of nitrogen functional groups attached to an aromatic ring is 1. The third-order valence-corrected chi connectivity index (χ3v) is 2.17. The van der Waals surface area contributed by atoms with Gasteiger partial charge in [-0.15, -0.1) is 5.10 Å². The van der Waals surface area contributed by atoms with Crippen LogP contribution in [0.5, 0.6) is 0 Å². The quantitative estimate of drug-likeness (QED) is 0.716. The molecule has 0 spiro atoms. The lowest BCUT2D eigenvalue weighted by atomic mass is 10.5. The van der Waals surface area contributed by atoms with Crippen molar-refractivity contribution in [3.63, 3.8) is 0 Å². The molecule has 2 N–H and O–H groups in total. The van der Waals surface area contributed by atoms with Gasteiger partial charge in [-0.1, -0.05) is 0 Å². The summed E-state index contributed by atoms with van der Waals surface area (Å²) in [7, 11) is 0. The molecule has 2 aromatic rings. The minimum absolute atomic E-state index is 0.314. The van der Waals surface area contributed by atoms with E-state index in [0.29, 0.717) is 5.95 Å². The lowest BCUT2D eigenvalue weighted by molar-refractivity contribution is 0.965. The summed E-state index contributed by atoms with van der Waals surface area (Å²) in [6.07, 6.45) is 1.82. The van der Waals surface area contributed by atoms with Crippen molar-refractivity contribution in [3.8, 4) is 0 Å². The summed E-state index contributed by atoms with van der Waals surface area (Å²) in [5, 5.41) is 3.95. The molecule has 2 rings (SSSR count). The van der Waals surface area contributed by atoms with Crippen molar-refractivity contribution in [1.82, 2.24) is 14.6 Å². The number of rotatable bonds is 0. The van der Waals surface area contributed by atoms with E-state index in [2.05, 4.69) is 32.7 Å². The normalized spacial score (nSPS) is 10.6. The fourth-order valence-corrected chi connectivity index (χ4v) is 1.47. The Labute approximate surface area is 76.6 Å². The highest BCUT2D eigenvalue weighted by molar-refractivity contribution is 14.1. The van der Waals surface area contributed by atoms with Crippen LogP contribution in [0.2, 0.25) is 0 Å². The maximum absolute atomic E-state index is 5.41. The number of pyridine rings is 1. The molecule has 0 unspecified atom stereocenters. The number of nitrogens with zero attached hydrogens (tertiary/aromatic N) is 3. The largest absolute Gasteiger partial charge is 0.366 e. The second-order valence-electron chi connectivity index (χ2n) is 2.09. The summed E-state index contributed by atoms with van der Waals surface area (Å²) in [6.45, 7) is 0. The van der Waals surface area contributed by atoms with Gasteiger partial charge in [0, 0.05) is 6.20 Å². The van der Waals surface area contributed by atoms with E-state index in [1.165, 1.54) is 0 Å². The van der Waals surface area contributed by atoms with Crippen LogP contribution in [-0.2, 0) is 0 Å². The maximum atomic E-state index is 5.41. The Balaban J connectivity index is 2.90. The Morgan fingerprint density at radius 2 is 2.36 bits per heavy atom. The smallest absolute Gasteiger partial charge is 0.240 e. The molecule has 2 aromatic heterocycles. The first-order valence-corrected chi connectivity index (χ1v) is 4.11. The molecule has 0 aliphatic heterocycles. The first-order chi connectivity index (χ1) is 5.27. The SMILES string of the molecule is Nc1nc2c(I)cccn2n1. The van der Waals surface area contributed by atoms with Crippen molar-refractivity contribution in [2.45, 2.75) is 0 Å². The maximum Gasteiger partial charge on any atom is 0.240 e. The highest BCUT2D eigenvalue weighted by Gasteiger charge is 2.01. The number of nitrogens with two attached hydrogens (primary N) is 1. The standard InChI is InChI=1S/C6H5IN4/c7-4-2-1-3-11-5(4)9-6(8)10-11/h1-3H,(H2,8,10). The Morgan fingerprint density at radius 1 is 1.55 bits per heavy atom. The van der Waals surface area contributed by atoms with E-state index in [9.17, 15) is 0 Å². The summed E-state index contributed by atoms with van der Waals surface area (Å²) in [4.78, 5) is 4.03. The van der Waals surface area contributed by atoms with Gasteiger partial charge in [-0.05, 0) is 34.7 Å². The summed E-state index contributed by atoms with van der Waals surface area (Å²) < 4.78 is 2.71. The minimum Gasteiger partial charge on any atom is -0.366 e. The van der Waals surface area contributed by atoms with E-state index in [1.807, 2.05) is 18.3 Å². The van der Waals surface area contributed by atoms with Gasteiger partial charge in [0.1, 0.15) is 0 Å². The van der Waals surface area contributed by atoms with Crippen molar-refractivity contribution >= 4 is 34.2 Å². The fraction of sp³-hybridized carbons (Fsp3) is 0. The number of fused-ring (bicyclic) bond motifs is 1. The first kappa shape index (κ1) is 6.84. The van der Waals surface area contributed by atoms with Gasteiger partial charge < -0.3 is 5.73 Å². The second kappa shape index (κ2) is 2.33. The van der Waals surface area contributed by atoms with Crippen LogP contribution >= 0.6 is 22.6 Å². The fourth-order valence-electron chi connectivity index (χ4n) is 0.890. The molecule has 0 atom stereocenters. The first-order valence-electron chi connectivity index (χ1n) is 3.04. The molecule has 5 heteroatoms. The van der Waals surface area contributed by atoms with Gasteiger partial charge in [-0.25, -0.2) is 4.52 Å². The molecule has 0 aliphatic carbocycles. The second-order valence-corrected chi connectivity index (χ2v) is 3.26. The molecule has 0 radical (unpaired) electrons. The molecular weight excluding hydrogens is 255 g/mol. The van der Waals surface area contributed by atoms with Crippen molar-refractivity contribution < 1.29 is 0 Å². The highest BCUT2D eigenvalue weighted by Crippen LogP contribution is 2.11. The van der Waals surface area contributed by atoms with Crippen molar-refractivity contribution in [3.05, 3.63) is 21.9 Å². The van der Waals surface area contributed by atoms with E-state index < -0.39 is 0 Å². The van der Waals surface area contributed by atoms with Crippen molar-refractivity contribution in [1.29, 1.82) is 0 Å². The molecule has 0 fully saturated rings. The third-order valence-electron chi connectivity index (χ3n) is 1.33. The van der Waals surface area contributed by atoms with Gasteiger partial charge >= 0.3 is 0 Å². The predicted octanol–water partition coefficient (Wildman–Crippen LogP) is 0.916. The number of aromatic nitrogens is 3. The van der Waals surface area contributed by atoms with Crippen LogP contribution in [0.3, 0.4) is 0 Å². The van der Waals surface area contributed by atoms with Crippen LogP contribution < -0.4 is 5.73 Å². The average molecular weight is 260 g/mol. The van der Waals surface area contributed by atoms with Gasteiger partial charge in [-0.2, -0.15) is 4.98 Å². The van der Waals surface area contributed by atoms with Crippen LogP contribution in [0.15, 0.2) is 18.3 Å². The molecule has 0 bridgehead atoms. The van der Waals surface area contributed by atoms with Gasteiger partial charge in [0.05, 0.1) is 3.57 Å². The van der Waals surface area contributed by atoms with Crippen LogP contribution in [0.25, 0.3) is 5.65 Å². The molecule has 0 saturated heterocycles. The van der Waals surface area contributed by atoms with Gasteiger partial charge in [0.15, 0.2) is 5.65 Å². The summed E-state index contributed by atoms with van der Waals surface area (Å²) in [5.74, 6) is 0.314. The highest BCUT2D eigenvalue weighted by atomic mass is 127. The molecule has 2 heterocycles. The van der Waals surface area contributed by atoms with Crippen LogP contribution in [0.1, 0.15) is 0 Å². The van der Waals surface area contributed by atoms with E-state index >= 15 is 0 Å². The third kappa shape index (κ3) is 1.05. The zero-order chi connectivity index (χ0) is 7.84. The van der Waals surface area contributed by atoms with Gasteiger partial charge in [0.2, 0.25) is 5.95 Å². The van der Waals surface area contributed by atoms with Crippen molar-refractivity contribution in [2.75, 3.05) is 5.73 Å². The molecule has 11 heavy (non-hydrogen) atoms. The monoisotopic (exact) mass is 260 g/mol. The summed E-state index contributed by atoms with van der Waals surface area (Å²) >= 11 is 2.19. The van der Waals surface area contributed by atoms with Gasteiger partial charge in [-0.3, -0.25) is 0 Å². The topological polar surface area (TPSA) is 56.2 Å². The lowest BCUT2D eigenvalue weighted by Crippen LogP contribution is -1.88. The number of anilines is 1. The van der Waals surface area contributed by atoms with E-state index in [-0.39, 0.29) is 0 Å². The Hall–Kier alpha value is -0.850. The summed E-state index contributed by atoms with van der Waals surface area (Å²) in [6, 6.07) is 3.87. The van der Waals surface area contributed by atoms with Crippen LogP contribution in [-0.4, -0.2) is 14.6 Å². The number of halogens is 1. The Kier molecular flexibility index (Phi) is 1.45. The molecular formula is C6H5IN4. The van der Waals surface area contributed by atoms with E-state index in [1.54, 1.807) is 4.52 Å². The molecule has 56 valence electrons. The number of hydrogen-bond acceptors (Lipinski definition) is 3. The zero-order valence-corrected chi connectivity index (χ0v) is 7.69. The Bertz CT molecular complexity index is 394. The molecule has 0 aliphatic rings. The van der Waals surface area contributed by atoms with Crippen molar-refractivity contribution in [2.24, 2.45) is 0 Å². The van der Waals surface area contributed by atoms with Crippen LogP contribution in [0.4, 0.5) is 5.95 Å². The minimum atomic E-state index is 0.314. The number of hydrogen-bond donors (Lipinski definition) is 1. The van der Waals surface area contributed by atoms with E-state index in [4.69, 9.17) is 5.73 Å². The molecule has 0 saturated carbocycles. The summed E-state index contributed by atoms with van der Waals surface area (Å²) in [5.41, 5.74) is 6.22. The average Bonchev–Trinajstić information content (AvgIpc) is 2.31. The zero-order valence-electron chi connectivity index (χ0n) is 5.53. The van der Waals surface area contributed by atoms with Gasteiger partial charge in [0.25, 0.3) is 0 Å². The predicted molar refractivity (Wildman–Crippen MR) is 50.1 cm³/mol. The Morgan fingerprint density at radius 3 is 3.09 bits per heavy atom. The molecule has 0 amide bonds. The lowest BCUT2D eigenvalue weighted by Gasteiger charge is -1.90. The van der Waals surface area contributed by atoms with Crippen LogP contribution in [0, 0.1) is 3.57 Å². The van der Waals surface area contributed by atoms with E-state index in [0.717, 1.165) is 9.22 Å².